The Kier molecular flexibility index (Phi) is 5.87. The molecule has 0 saturated carbocycles. The zero-order chi connectivity index (χ0) is 14.6. The van der Waals surface area contributed by atoms with E-state index in [9.17, 15) is 0 Å². The number of nitrogens with zero attached hydrogens (tertiary/aromatic N) is 2. The summed E-state index contributed by atoms with van der Waals surface area (Å²) in [6.45, 7) is 14.8. The lowest BCUT2D eigenvalue weighted by Gasteiger charge is -2.42. The number of hydrogen-bond donors (Lipinski definition) is 1. The molecule has 5 heteroatoms. The minimum absolute atomic E-state index is 0.308. The predicted octanol–water partition coefficient (Wildman–Crippen LogP) is 2.91. The summed E-state index contributed by atoms with van der Waals surface area (Å²) in [5.74, 6) is 0. The molecule has 1 aliphatic heterocycles. The van der Waals surface area contributed by atoms with E-state index < -0.39 is 0 Å². The third kappa shape index (κ3) is 5.01. The average Bonchev–Trinajstić information content (AvgIpc) is 2.80. The molecule has 0 bridgehead atoms. The van der Waals surface area contributed by atoms with Gasteiger partial charge in [0.05, 0.1) is 4.34 Å². The zero-order valence-electron chi connectivity index (χ0n) is 12.8. The Bertz CT molecular complexity index is 405. The van der Waals surface area contributed by atoms with Crippen LogP contribution >= 0.6 is 22.9 Å². The SMILES string of the molecule is CC(C)(C)N1CCN(CCNCc2ccc(Cl)s2)CC1. The summed E-state index contributed by atoms with van der Waals surface area (Å²) in [7, 11) is 0. The van der Waals surface area contributed by atoms with E-state index in [0.29, 0.717) is 5.54 Å². The van der Waals surface area contributed by atoms with Crippen molar-refractivity contribution in [2.24, 2.45) is 0 Å². The van der Waals surface area contributed by atoms with Crippen molar-refractivity contribution in [2.75, 3.05) is 39.3 Å². The summed E-state index contributed by atoms with van der Waals surface area (Å²) in [5.41, 5.74) is 0.308. The van der Waals surface area contributed by atoms with Crippen molar-refractivity contribution in [2.45, 2.75) is 32.9 Å². The van der Waals surface area contributed by atoms with Crippen LogP contribution in [0.5, 0.6) is 0 Å². The first-order chi connectivity index (χ1) is 9.45. The standard InChI is InChI=1S/C15H26ClN3S/c1-15(2,3)19-10-8-18(9-11-19)7-6-17-12-13-4-5-14(16)20-13/h4-5,17H,6-12H2,1-3H3. The molecule has 1 fully saturated rings. The quantitative estimate of drug-likeness (QED) is 0.843. The van der Waals surface area contributed by atoms with Crippen LogP contribution in [-0.4, -0.2) is 54.6 Å². The maximum atomic E-state index is 5.92. The smallest absolute Gasteiger partial charge is 0.0931 e. The molecule has 0 aliphatic carbocycles. The van der Waals surface area contributed by atoms with Gasteiger partial charge in [-0.15, -0.1) is 11.3 Å². The lowest BCUT2D eigenvalue weighted by Crippen LogP contribution is -2.54. The molecule has 0 amide bonds. The highest BCUT2D eigenvalue weighted by Gasteiger charge is 2.25. The van der Waals surface area contributed by atoms with Gasteiger partial charge in [0.2, 0.25) is 0 Å². The van der Waals surface area contributed by atoms with Gasteiger partial charge in [-0.3, -0.25) is 9.80 Å². The summed E-state index contributed by atoms with van der Waals surface area (Å²) < 4.78 is 0.875. The van der Waals surface area contributed by atoms with Crippen molar-refractivity contribution in [3.05, 3.63) is 21.3 Å². The number of halogens is 1. The molecule has 0 spiro atoms. The van der Waals surface area contributed by atoms with E-state index in [4.69, 9.17) is 11.6 Å². The minimum atomic E-state index is 0.308. The molecule has 1 N–H and O–H groups in total. The molecule has 2 heterocycles. The number of hydrogen-bond acceptors (Lipinski definition) is 4. The first-order valence-electron chi connectivity index (χ1n) is 7.37. The van der Waals surface area contributed by atoms with E-state index in [2.05, 4.69) is 42.0 Å². The Labute approximate surface area is 131 Å². The second-order valence-electron chi connectivity index (χ2n) is 6.38. The maximum absolute atomic E-state index is 5.92. The molecule has 1 saturated heterocycles. The molecular weight excluding hydrogens is 290 g/mol. The first kappa shape index (κ1) is 16.2. The second-order valence-corrected chi connectivity index (χ2v) is 8.18. The first-order valence-corrected chi connectivity index (χ1v) is 8.57. The lowest BCUT2D eigenvalue weighted by molar-refractivity contribution is 0.0628. The van der Waals surface area contributed by atoms with Gasteiger partial charge < -0.3 is 5.32 Å². The highest BCUT2D eigenvalue weighted by Crippen LogP contribution is 2.21. The van der Waals surface area contributed by atoms with E-state index >= 15 is 0 Å². The molecule has 1 aromatic rings. The normalized spacial score (nSPS) is 18.6. The van der Waals surface area contributed by atoms with Gasteiger partial charge in [-0.1, -0.05) is 11.6 Å². The Hall–Kier alpha value is -0.130. The second kappa shape index (κ2) is 7.23. The maximum Gasteiger partial charge on any atom is 0.0931 e. The van der Waals surface area contributed by atoms with Gasteiger partial charge in [0.15, 0.2) is 0 Å². The fraction of sp³-hybridized carbons (Fsp3) is 0.733. The van der Waals surface area contributed by atoms with Gasteiger partial charge in [0.25, 0.3) is 0 Å². The van der Waals surface area contributed by atoms with E-state index in [0.717, 1.165) is 24.0 Å². The van der Waals surface area contributed by atoms with Crippen LogP contribution in [0.2, 0.25) is 4.34 Å². The van der Waals surface area contributed by atoms with Crippen molar-refractivity contribution in [1.82, 2.24) is 15.1 Å². The Morgan fingerprint density at radius 3 is 2.45 bits per heavy atom. The van der Waals surface area contributed by atoms with Crippen LogP contribution in [0.1, 0.15) is 25.6 Å². The molecule has 0 radical (unpaired) electrons. The molecule has 114 valence electrons. The molecular formula is C15H26ClN3S. The van der Waals surface area contributed by atoms with Gasteiger partial charge in [-0.2, -0.15) is 0 Å². The minimum Gasteiger partial charge on any atom is -0.311 e. The zero-order valence-corrected chi connectivity index (χ0v) is 14.4. The van der Waals surface area contributed by atoms with Crippen molar-refractivity contribution >= 4 is 22.9 Å². The van der Waals surface area contributed by atoms with Gasteiger partial charge in [0, 0.05) is 56.2 Å². The Morgan fingerprint density at radius 1 is 1.20 bits per heavy atom. The van der Waals surface area contributed by atoms with Crippen molar-refractivity contribution < 1.29 is 0 Å². The Morgan fingerprint density at radius 2 is 1.90 bits per heavy atom. The molecule has 20 heavy (non-hydrogen) atoms. The predicted molar refractivity (Wildman–Crippen MR) is 88.8 cm³/mol. The molecule has 3 nitrogen and oxygen atoms in total. The topological polar surface area (TPSA) is 18.5 Å². The van der Waals surface area contributed by atoms with Crippen LogP contribution in [-0.2, 0) is 6.54 Å². The summed E-state index contributed by atoms with van der Waals surface area (Å²) in [4.78, 5) is 6.44. The van der Waals surface area contributed by atoms with Crippen LogP contribution in [0.4, 0.5) is 0 Å². The average molecular weight is 316 g/mol. The van der Waals surface area contributed by atoms with Crippen molar-refractivity contribution in [3.8, 4) is 0 Å². The van der Waals surface area contributed by atoms with Crippen LogP contribution in [0.15, 0.2) is 12.1 Å². The molecule has 0 unspecified atom stereocenters. The number of piperazine rings is 1. The van der Waals surface area contributed by atoms with Gasteiger partial charge in [-0.25, -0.2) is 0 Å². The fourth-order valence-corrected chi connectivity index (χ4v) is 3.59. The van der Waals surface area contributed by atoms with Crippen LogP contribution in [0.3, 0.4) is 0 Å². The highest BCUT2D eigenvalue weighted by molar-refractivity contribution is 7.16. The van der Waals surface area contributed by atoms with Crippen molar-refractivity contribution in [3.63, 3.8) is 0 Å². The largest absolute Gasteiger partial charge is 0.311 e. The van der Waals surface area contributed by atoms with E-state index in [-0.39, 0.29) is 0 Å². The summed E-state index contributed by atoms with van der Waals surface area (Å²) >= 11 is 7.58. The summed E-state index contributed by atoms with van der Waals surface area (Å²) in [6, 6.07) is 4.07. The Balaban J connectivity index is 1.59. The van der Waals surface area contributed by atoms with Crippen LogP contribution < -0.4 is 5.32 Å². The number of nitrogens with one attached hydrogen (secondary N) is 1. The fourth-order valence-electron chi connectivity index (χ4n) is 2.54. The molecule has 1 aliphatic rings. The van der Waals surface area contributed by atoms with E-state index in [1.165, 1.54) is 31.1 Å². The molecule has 0 atom stereocenters. The third-order valence-corrected chi connectivity index (χ3v) is 5.09. The highest BCUT2D eigenvalue weighted by atomic mass is 35.5. The van der Waals surface area contributed by atoms with Gasteiger partial charge >= 0.3 is 0 Å². The number of thiophene rings is 1. The van der Waals surface area contributed by atoms with Crippen molar-refractivity contribution in [1.29, 1.82) is 0 Å². The van der Waals surface area contributed by atoms with Crippen LogP contribution in [0, 0.1) is 0 Å². The van der Waals surface area contributed by atoms with E-state index in [1.54, 1.807) is 11.3 Å². The molecule has 0 aromatic carbocycles. The summed E-state index contributed by atoms with van der Waals surface area (Å²) in [6.07, 6.45) is 0. The monoisotopic (exact) mass is 315 g/mol. The molecule has 2 rings (SSSR count). The van der Waals surface area contributed by atoms with Gasteiger partial charge in [-0.05, 0) is 32.9 Å². The summed E-state index contributed by atoms with van der Waals surface area (Å²) in [5, 5.41) is 3.50. The third-order valence-electron chi connectivity index (χ3n) is 3.85. The van der Waals surface area contributed by atoms with Crippen LogP contribution in [0.25, 0.3) is 0 Å². The lowest BCUT2D eigenvalue weighted by atomic mass is 10.1. The molecule has 1 aromatic heterocycles. The van der Waals surface area contributed by atoms with E-state index in [1.807, 2.05) is 6.07 Å². The van der Waals surface area contributed by atoms with Gasteiger partial charge in [0.1, 0.15) is 0 Å². The number of rotatable bonds is 5.